The Balaban J connectivity index is 1.24. The lowest BCUT2D eigenvalue weighted by Crippen LogP contribution is -2.59. The van der Waals surface area contributed by atoms with Crippen molar-refractivity contribution in [3.63, 3.8) is 0 Å². The summed E-state index contributed by atoms with van der Waals surface area (Å²) in [5, 5.41) is 10.2. The van der Waals surface area contributed by atoms with Gasteiger partial charge in [0, 0.05) is 31.5 Å². The quantitative estimate of drug-likeness (QED) is 0.610. The van der Waals surface area contributed by atoms with E-state index in [-0.39, 0.29) is 29.8 Å². The van der Waals surface area contributed by atoms with Crippen molar-refractivity contribution in [3.8, 4) is 0 Å². The average Bonchev–Trinajstić information content (AvgIpc) is 3.31. The van der Waals surface area contributed by atoms with Crippen LogP contribution in [0.2, 0.25) is 0 Å². The normalized spacial score (nSPS) is 23.8. The standard InChI is InChI=1S/C24H25N7O3/c32-22(15-11-19-17(27-12-15)2-1-6-25-19)29-18-4-3-14-5-8-30(20(18)10-14)24(34)16-13-28-31-9-7-26-23(33)21(16)31/h1-2,6,11-14,18,20H,3-5,7-10H2,(H,26,33)(H,29,32). The summed E-state index contributed by atoms with van der Waals surface area (Å²) in [6.07, 6.45) is 8.32. The Morgan fingerprint density at radius 2 is 2.00 bits per heavy atom. The first kappa shape index (κ1) is 20.8. The number of rotatable bonds is 3. The van der Waals surface area contributed by atoms with E-state index in [1.54, 1.807) is 23.1 Å². The van der Waals surface area contributed by atoms with Crippen molar-refractivity contribution in [2.75, 3.05) is 13.1 Å². The SMILES string of the molecule is O=C(NC1CCC2CCN(C(=O)c3cnn4c3C(=O)NCC4)C1C2)c1cnc2cccnc2c1. The predicted octanol–water partition coefficient (Wildman–Crippen LogP) is 1.38. The number of fused-ring (bicyclic) bond motifs is 4. The Morgan fingerprint density at radius 3 is 2.91 bits per heavy atom. The monoisotopic (exact) mass is 459 g/mol. The van der Waals surface area contributed by atoms with Crippen molar-refractivity contribution in [1.82, 2.24) is 35.3 Å². The van der Waals surface area contributed by atoms with Gasteiger partial charge in [0.2, 0.25) is 0 Å². The molecule has 0 aromatic carbocycles. The predicted molar refractivity (Wildman–Crippen MR) is 122 cm³/mol. The van der Waals surface area contributed by atoms with E-state index < -0.39 is 0 Å². The van der Waals surface area contributed by atoms with Crippen LogP contribution in [0.3, 0.4) is 0 Å². The summed E-state index contributed by atoms with van der Waals surface area (Å²) < 4.78 is 1.60. The van der Waals surface area contributed by atoms with Crippen LogP contribution in [0, 0.1) is 5.92 Å². The van der Waals surface area contributed by atoms with Gasteiger partial charge in [0.25, 0.3) is 17.7 Å². The third-order valence-electron chi connectivity index (χ3n) is 7.29. The highest BCUT2D eigenvalue weighted by atomic mass is 16.2. The zero-order valence-electron chi connectivity index (χ0n) is 18.6. The third-order valence-corrected chi connectivity index (χ3v) is 7.29. The number of hydrogen-bond donors (Lipinski definition) is 2. The van der Waals surface area contributed by atoms with Crippen LogP contribution in [0.25, 0.3) is 11.0 Å². The number of carbonyl (C=O) groups excluding carboxylic acids is 3. The van der Waals surface area contributed by atoms with Gasteiger partial charge in [-0.25, -0.2) is 0 Å². The molecule has 2 aliphatic heterocycles. The van der Waals surface area contributed by atoms with Crippen LogP contribution >= 0.6 is 0 Å². The molecule has 2 bridgehead atoms. The number of carbonyl (C=O) groups is 3. The molecule has 174 valence electrons. The number of piperidine rings is 1. The molecule has 3 amide bonds. The molecule has 1 saturated carbocycles. The van der Waals surface area contributed by atoms with E-state index in [2.05, 4.69) is 25.7 Å². The van der Waals surface area contributed by atoms with Gasteiger partial charge in [-0.05, 0) is 49.8 Å². The summed E-state index contributed by atoms with van der Waals surface area (Å²) in [5.74, 6) is -0.144. The summed E-state index contributed by atoms with van der Waals surface area (Å²) in [5.41, 5.74) is 2.50. The van der Waals surface area contributed by atoms with Gasteiger partial charge in [0.05, 0.1) is 40.9 Å². The van der Waals surface area contributed by atoms with Gasteiger partial charge in [0.1, 0.15) is 5.69 Å². The van der Waals surface area contributed by atoms with Crippen LogP contribution in [0.4, 0.5) is 0 Å². The number of nitrogens with one attached hydrogen (secondary N) is 2. The number of hydrogen-bond acceptors (Lipinski definition) is 6. The number of aromatic nitrogens is 4. The van der Waals surface area contributed by atoms with Crippen molar-refractivity contribution in [2.24, 2.45) is 5.92 Å². The Hall–Kier alpha value is -3.82. The van der Waals surface area contributed by atoms with Gasteiger partial charge < -0.3 is 15.5 Å². The molecule has 2 N–H and O–H groups in total. The maximum Gasteiger partial charge on any atom is 0.270 e. The molecule has 1 aliphatic carbocycles. The Labute approximate surface area is 195 Å². The maximum absolute atomic E-state index is 13.6. The van der Waals surface area contributed by atoms with Crippen LogP contribution in [-0.2, 0) is 6.54 Å². The van der Waals surface area contributed by atoms with E-state index in [0.717, 1.165) is 31.2 Å². The number of nitrogens with zero attached hydrogens (tertiary/aromatic N) is 5. The third kappa shape index (κ3) is 3.49. The second-order valence-electron chi connectivity index (χ2n) is 9.27. The van der Waals surface area contributed by atoms with Gasteiger partial charge in [-0.2, -0.15) is 5.10 Å². The van der Waals surface area contributed by atoms with E-state index >= 15 is 0 Å². The Morgan fingerprint density at radius 1 is 1.09 bits per heavy atom. The first-order chi connectivity index (χ1) is 16.6. The molecular weight excluding hydrogens is 434 g/mol. The van der Waals surface area contributed by atoms with Crippen LogP contribution in [-0.4, -0.2) is 67.5 Å². The summed E-state index contributed by atoms with van der Waals surface area (Å²) >= 11 is 0. The van der Waals surface area contributed by atoms with Gasteiger partial charge >= 0.3 is 0 Å². The summed E-state index contributed by atoms with van der Waals surface area (Å²) in [6, 6.07) is 5.10. The number of likely N-dealkylation sites (tertiary alicyclic amines) is 1. The molecule has 3 aromatic heterocycles. The van der Waals surface area contributed by atoms with E-state index in [1.165, 1.54) is 6.20 Å². The molecule has 0 radical (unpaired) electrons. The fourth-order valence-electron chi connectivity index (χ4n) is 5.54. The zero-order valence-corrected chi connectivity index (χ0v) is 18.6. The van der Waals surface area contributed by atoms with Gasteiger partial charge in [0.15, 0.2) is 0 Å². The minimum atomic E-state index is -0.270. The van der Waals surface area contributed by atoms with Gasteiger partial charge in [-0.3, -0.25) is 29.0 Å². The summed E-state index contributed by atoms with van der Waals surface area (Å²) in [7, 11) is 0. The molecular formula is C24H25N7O3. The summed E-state index contributed by atoms with van der Waals surface area (Å²) in [6.45, 7) is 1.66. The van der Waals surface area contributed by atoms with E-state index in [1.807, 2.05) is 17.0 Å². The molecule has 10 heteroatoms. The Kier molecular flexibility index (Phi) is 5.00. The van der Waals surface area contributed by atoms with Crippen LogP contribution in [0.15, 0.2) is 36.8 Å². The van der Waals surface area contributed by atoms with Crippen LogP contribution in [0.1, 0.15) is 56.9 Å². The second-order valence-corrected chi connectivity index (χ2v) is 9.27. The van der Waals surface area contributed by atoms with Crippen molar-refractivity contribution in [3.05, 3.63) is 53.6 Å². The molecule has 3 atom stereocenters. The molecule has 3 aromatic rings. The molecule has 3 aliphatic rings. The average molecular weight is 460 g/mol. The molecule has 6 rings (SSSR count). The minimum Gasteiger partial charge on any atom is -0.349 e. The van der Waals surface area contributed by atoms with Crippen molar-refractivity contribution >= 4 is 28.8 Å². The van der Waals surface area contributed by atoms with Gasteiger partial charge in [-0.1, -0.05) is 0 Å². The molecule has 10 nitrogen and oxygen atoms in total. The van der Waals surface area contributed by atoms with Crippen molar-refractivity contribution in [2.45, 2.75) is 44.3 Å². The lowest BCUT2D eigenvalue weighted by atomic mass is 9.76. The molecule has 1 saturated heterocycles. The lowest BCUT2D eigenvalue weighted by Gasteiger charge is -2.47. The lowest BCUT2D eigenvalue weighted by molar-refractivity contribution is 0.0319. The molecule has 5 heterocycles. The highest BCUT2D eigenvalue weighted by molar-refractivity contribution is 6.06. The number of pyridine rings is 2. The van der Waals surface area contributed by atoms with Crippen LogP contribution < -0.4 is 10.6 Å². The fraction of sp³-hybridized carbons (Fsp3) is 0.417. The van der Waals surface area contributed by atoms with E-state index in [9.17, 15) is 14.4 Å². The summed E-state index contributed by atoms with van der Waals surface area (Å²) in [4.78, 5) is 49.6. The van der Waals surface area contributed by atoms with Crippen molar-refractivity contribution < 1.29 is 14.4 Å². The molecule has 2 fully saturated rings. The smallest absolute Gasteiger partial charge is 0.270 e. The molecule has 34 heavy (non-hydrogen) atoms. The fourth-order valence-corrected chi connectivity index (χ4v) is 5.54. The topological polar surface area (TPSA) is 122 Å². The first-order valence-corrected chi connectivity index (χ1v) is 11.7. The molecule has 0 spiro atoms. The second kappa shape index (κ2) is 8.19. The zero-order chi connectivity index (χ0) is 23.2. The van der Waals surface area contributed by atoms with E-state index in [4.69, 9.17) is 0 Å². The molecule has 3 unspecified atom stereocenters. The highest BCUT2D eigenvalue weighted by Crippen LogP contribution is 2.36. The van der Waals surface area contributed by atoms with Crippen LogP contribution in [0.5, 0.6) is 0 Å². The minimum absolute atomic E-state index is 0.127. The Bertz CT molecular complexity index is 1300. The largest absolute Gasteiger partial charge is 0.349 e. The maximum atomic E-state index is 13.6. The first-order valence-electron chi connectivity index (χ1n) is 11.7. The van der Waals surface area contributed by atoms with Gasteiger partial charge in [-0.15, -0.1) is 0 Å². The number of amides is 3. The highest BCUT2D eigenvalue weighted by Gasteiger charge is 2.42. The van der Waals surface area contributed by atoms with E-state index in [0.29, 0.717) is 47.9 Å². The van der Waals surface area contributed by atoms with Crippen molar-refractivity contribution in [1.29, 1.82) is 0 Å².